The van der Waals surface area contributed by atoms with Crippen molar-refractivity contribution in [3.05, 3.63) is 91.0 Å². The Morgan fingerprint density at radius 1 is 0.548 bits per heavy atom. The highest BCUT2D eigenvalue weighted by molar-refractivity contribution is 7.80. The summed E-state index contributed by atoms with van der Waals surface area (Å²) in [5, 5.41) is 9.81. The number of para-hydroxylation sites is 3. The zero-order valence-corrected chi connectivity index (χ0v) is 17.2. The van der Waals surface area contributed by atoms with Crippen LogP contribution in [0.4, 0.5) is 34.9 Å². The molecule has 154 valence electrons. The van der Waals surface area contributed by atoms with Crippen LogP contribution in [0.1, 0.15) is 0 Å². The van der Waals surface area contributed by atoms with Gasteiger partial charge in [-0.3, -0.25) is 10.9 Å². The highest BCUT2D eigenvalue weighted by Crippen LogP contribution is 2.18. The Hall–Kier alpha value is -4.24. The summed E-state index contributed by atoms with van der Waals surface area (Å²) in [5.74, 6) is 1.06. The SMILES string of the molecule is S=C(NNc1nc(Nc2ccccc2)nc(Nc2ccccc2)n1)Nc1ccccc1. The van der Waals surface area contributed by atoms with Crippen LogP contribution in [0.5, 0.6) is 0 Å². The van der Waals surface area contributed by atoms with Crippen LogP contribution in [0.15, 0.2) is 91.0 Å². The van der Waals surface area contributed by atoms with Crippen molar-refractivity contribution in [2.45, 2.75) is 0 Å². The molecule has 31 heavy (non-hydrogen) atoms. The van der Waals surface area contributed by atoms with Gasteiger partial charge in [0.2, 0.25) is 17.8 Å². The highest BCUT2D eigenvalue weighted by atomic mass is 32.1. The van der Waals surface area contributed by atoms with Crippen molar-refractivity contribution in [2.24, 2.45) is 0 Å². The summed E-state index contributed by atoms with van der Waals surface area (Å²) in [6, 6.07) is 28.9. The number of thiocarbonyl (C=S) groups is 1. The van der Waals surface area contributed by atoms with Crippen LogP contribution in [-0.2, 0) is 0 Å². The van der Waals surface area contributed by atoms with Crippen molar-refractivity contribution in [3.63, 3.8) is 0 Å². The van der Waals surface area contributed by atoms with Gasteiger partial charge < -0.3 is 16.0 Å². The summed E-state index contributed by atoms with van der Waals surface area (Å²) in [6.45, 7) is 0. The molecule has 4 rings (SSSR count). The third-order valence-electron chi connectivity index (χ3n) is 4.01. The summed E-state index contributed by atoms with van der Waals surface area (Å²) in [5.41, 5.74) is 8.40. The zero-order chi connectivity index (χ0) is 21.3. The van der Waals surface area contributed by atoms with E-state index in [-0.39, 0.29) is 0 Å². The van der Waals surface area contributed by atoms with Gasteiger partial charge in [-0.2, -0.15) is 15.0 Å². The molecule has 0 aliphatic rings. The second kappa shape index (κ2) is 9.99. The van der Waals surface area contributed by atoms with Crippen LogP contribution in [0.2, 0.25) is 0 Å². The predicted octanol–water partition coefficient (Wildman–Crippen LogP) is 4.67. The minimum absolute atomic E-state index is 0.295. The molecule has 0 aliphatic carbocycles. The van der Waals surface area contributed by atoms with E-state index in [2.05, 4.69) is 41.8 Å². The first-order valence-electron chi connectivity index (χ1n) is 9.53. The number of rotatable bonds is 7. The molecule has 0 unspecified atom stereocenters. The van der Waals surface area contributed by atoms with Gasteiger partial charge in [0, 0.05) is 17.1 Å². The maximum absolute atomic E-state index is 5.32. The van der Waals surface area contributed by atoms with E-state index < -0.39 is 0 Å². The smallest absolute Gasteiger partial charge is 0.248 e. The Bertz CT molecular complexity index is 1060. The number of hydrogen-bond acceptors (Lipinski definition) is 7. The molecule has 0 amide bonds. The lowest BCUT2D eigenvalue weighted by Gasteiger charge is -2.14. The predicted molar refractivity (Wildman–Crippen MR) is 129 cm³/mol. The molecular weight excluding hydrogens is 408 g/mol. The molecule has 3 aromatic carbocycles. The van der Waals surface area contributed by atoms with E-state index in [9.17, 15) is 0 Å². The molecule has 4 aromatic rings. The standard InChI is InChI=1S/C22H20N8S/c31-22(25-18-14-8-3-9-15-18)30-29-21-27-19(23-16-10-4-1-5-11-16)26-20(28-21)24-17-12-6-2-7-13-17/h1-15H,(H2,25,30,31)(H3,23,24,26,27,28,29). The summed E-state index contributed by atoms with van der Waals surface area (Å²) >= 11 is 5.32. The Morgan fingerprint density at radius 2 is 0.968 bits per heavy atom. The molecule has 5 N–H and O–H groups in total. The summed E-state index contributed by atoms with van der Waals surface area (Å²) in [6.07, 6.45) is 0. The average Bonchev–Trinajstić information content (AvgIpc) is 2.80. The molecule has 0 saturated carbocycles. The summed E-state index contributed by atoms with van der Waals surface area (Å²) < 4.78 is 0. The van der Waals surface area contributed by atoms with Gasteiger partial charge in [-0.25, -0.2) is 0 Å². The number of hydrogen-bond donors (Lipinski definition) is 5. The minimum atomic E-state index is 0.295. The number of aromatic nitrogens is 3. The molecule has 0 spiro atoms. The molecule has 0 atom stereocenters. The Balaban J connectivity index is 1.50. The number of nitrogens with one attached hydrogen (secondary N) is 5. The lowest BCUT2D eigenvalue weighted by molar-refractivity contribution is 1.000. The van der Waals surface area contributed by atoms with Gasteiger partial charge in [0.15, 0.2) is 5.11 Å². The van der Waals surface area contributed by atoms with Gasteiger partial charge in [-0.1, -0.05) is 54.6 Å². The van der Waals surface area contributed by atoms with Crippen LogP contribution in [0.25, 0.3) is 0 Å². The zero-order valence-electron chi connectivity index (χ0n) is 16.4. The largest absolute Gasteiger partial charge is 0.331 e. The van der Waals surface area contributed by atoms with Crippen LogP contribution in [0, 0.1) is 0 Å². The molecule has 8 nitrogen and oxygen atoms in total. The molecule has 9 heteroatoms. The van der Waals surface area contributed by atoms with Gasteiger partial charge in [0.1, 0.15) is 0 Å². The van der Waals surface area contributed by atoms with Crippen molar-refractivity contribution in [3.8, 4) is 0 Å². The van der Waals surface area contributed by atoms with E-state index in [0.29, 0.717) is 23.0 Å². The number of hydrazine groups is 1. The van der Waals surface area contributed by atoms with E-state index in [1.165, 1.54) is 0 Å². The molecule has 0 aliphatic heterocycles. The number of nitrogens with zero attached hydrogens (tertiary/aromatic N) is 3. The number of anilines is 6. The normalized spacial score (nSPS) is 10.1. The Labute approximate surface area is 185 Å². The van der Waals surface area contributed by atoms with E-state index in [0.717, 1.165) is 17.1 Å². The fraction of sp³-hybridized carbons (Fsp3) is 0. The van der Waals surface area contributed by atoms with Crippen LogP contribution >= 0.6 is 12.2 Å². The third kappa shape index (κ3) is 6.12. The molecule has 1 aromatic heterocycles. The van der Waals surface area contributed by atoms with Crippen LogP contribution in [-0.4, -0.2) is 20.1 Å². The van der Waals surface area contributed by atoms with Crippen molar-refractivity contribution in [1.29, 1.82) is 0 Å². The second-order valence-electron chi connectivity index (χ2n) is 6.36. The quantitative estimate of drug-likeness (QED) is 0.212. The topological polar surface area (TPSA) is 98.8 Å². The molecule has 0 saturated heterocycles. The fourth-order valence-corrected chi connectivity index (χ4v) is 2.81. The maximum atomic E-state index is 5.32. The van der Waals surface area contributed by atoms with Crippen LogP contribution in [0.3, 0.4) is 0 Å². The average molecular weight is 429 g/mol. The maximum Gasteiger partial charge on any atom is 0.248 e. The van der Waals surface area contributed by atoms with E-state index in [4.69, 9.17) is 12.2 Å². The Kier molecular flexibility index (Phi) is 6.46. The lowest BCUT2D eigenvalue weighted by atomic mass is 10.3. The van der Waals surface area contributed by atoms with Crippen molar-refractivity contribution in [2.75, 3.05) is 21.4 Å². The lowest BCUT2D eigenvalue weighted by Crippen LogP contribution is -2.34. The first kappa shape index (κ1) is 20.0. The van der Waals surface area contributed by atoms with Crippen molar-refractivity contribution in [1.82, 2.24) is 20.4 Å². The summed E-state index contributed by atoms with van der Waals surface area (Å²) in [7, 11) is 0. The van der Waals surface area contributed by atoms with Crippen LogP contribution < -0.4 is 26.8 Å². The first-order chi connectivity index (χ1) is 15.2. The van der Waals surface area contributed by atoms with E-state index in [1.54, 1.807) is 0 Å². The van der Waals surface area contributed by atoms with E-state index in [1.807, 2.05) is 91.0 Å². The molecular formula is C22H20N8S. The monoisotopic (exact) mass is 428 g/mol. The van der Waals surface area contributed by atoms with Crippen molar-refractivity contribution >= 4 is 52.2 Å². The fourth-order valence-electron chi connectivity index (χ4n) is 2.64. The Morgan fingerprint density at radius 3 is 1.45 bits per heavy atom. The highest BCUT2D eigenvalue weighted by Gasteiger charge is 2.08. The third-order valence-corrected chi connectivity index (χ3v) is 4.22. The van der Waals surface area contributed by atoms with E-state index >= 15 is 0 Å². The minimum Gasteiger partial charge on any atom is -0.331 e. The first-order valence-corrected chi connectivity index (χ1v) is 9.94. The van der Waals surface area contributed by atoms with Gasteiger partial charge in [0.25, 0.3) is 0 Å². The molecule has 1 heterocycles. The second-order valence-corrected chi connectivity index (χ2v) is 6.77. The van der Waals surface area contributed by atoms with Gasteiger partial charge >= 0.3 is 0 Å². The molecule has 0 radical (unpaired) electrons. The van der Waals surface area contributed by atoms with Crippen molar-refractivity contribution < 1.29 is 0 Å². The van der Waals surface area contributed by atoms with Gasteiger partial charge in [0.05, 0.1) is 0 Å². The molecule has 0 bridgehead atoms. The van der Waals surface area contributed by atoms with Gasteiger partial charge in [-0.15, -0.1) is 0 Å². The summed E-state index contributed by atoms with van der Waals surface area (Å²) in [4.78, 5) is 13.3. The van der Waals surface area contributed by atoms with Gasteiger partial charge in [-0.05, 0) is 48.6 Å². The number of benzene rings is 3. The molecule has 0 fully saturated rings.